The zero-order chi connectivity index (χ0) is 23.3. The number of fused-ring (bicyclic) bond motifs is 1. The number of hydrogen-bond acceptors (Lipinski definition) is 5. The number of rotatable bonds is 9. The molecule has 0 aliphatic carbocycles. The van der Waals surface area contributed by atoms with Gasteiger partial charge in [-0.05, 0) is 48.8 Å². The van der Waals surface area contributed by atoms with Crippen molar-refractivity contribution in [2.75, 3.05) is 33.7 Å². The van der Waals surface area contributed by atoms with Gasteiger partial charge < -0.3 is 20.9 Å². The summed E-state index contributed by atoms with van der Waals surface area (Å²) in [5.74, 6) is 0.357. The van der Waals surface area contributed by atoms with Crippen molar-refractivity contribution in [3.8, 4) is 0 Å². The van der Waals surface area contributed by atoms with Crippen LogP contribution in [0.1, 0.15) is 42.7 Å². The fourth-order valence-electron chi connectivity index (χ4n) is 4.26. The van der Waals surface area contributed by atoms with E-state index in [1.807, 2.05) is 54.2 Å². The van der Waals surface area contributed by atoms with Gasteiger partial charge in [0, 0.05) is 32.4 Å². The predicted octanol–water partition coefficient (Wildman–Crippen LogP) is 1.89. The minimum Gasteiger partial charge on any atom is -0.355 e. The number of hydrogen-bond donors (Lipinski definition) is 2. The summed E-state index contributed by atoms with van der Waals surface area (Å²) in [7, 11) is 3.92. The quantitative estimate of drug-likeness (QED) is 0.625. The van der Waals surface area contributed by atoms with E-state index in [1.54, 1.807) is 6.20 Å². The molecule has 0 bridgehead atoms. The van der Waals surface area contributed by atoms with Gasteiger partial charge in [-0.1, -0.05) is 38.1 Å². The van der Waals surface area contributed by atoms with Gasteiger partial charge >= 0.3 is 0 Å². The molecule has 2 aromatic rings. The average Bonchev–Trinajstić information content (AvgIpc) is 2.73. The Morgan fingerprint density at radius 3 is 2.69 bits per heavy atom. The molecule has 0 saturated heterocycles. The van der Waals surface area contributed by atoms with E-state index in [0.717, 1.165) is 29.8 Å². The molecule has 0 spiro atoms. The standard InChI is InChI=1S/C25H35N5O2/c1-18(2)16-30-17-19-8-7-9-21(20(19)14-24(30)32)25(26,22-10-5-6-11-27-22)15-23(31)28-12-13-29(3)4/h5-11,18H,12-17,26H2,1-4H3,(H,28,31). The molecule has 1 aliphatic rings. The first-order valence-corrected chi connectivity index (χ1v) is 11.2. The van der Waals surface area contributed by atoms with Crippen LogP contribution in [0, 0.1) is 5.92 Å². The van der Waals surface area contributed by atoms with Crippen LogP contribution >= 0.6 is 0 Å². The Hall–Kier alpha value is -2.77. The Morgan fingerprint density at radius 2 is 2.03 bits per heavy atom. The first kappa shape index (κ1) is 23.9. The lowest BCUT2D eigenvalue weighted by Gasteiger charge is -2.36. The number of nitrogens with zero attached hydrogens (tertiary/aromatic N) is 3. The van der Waals surface area contributed by atoms with Crippen molar-refractivity contribution in [1.82, 2.24) is 20.1 Å². The first-order valence-electron chi connectivity index (χ1n) is 11.2. The molecule has 0 saturated carbocycles. The van der Waals surface area contributed by atoms with E-state index in [9.17, 15) is 9.59 Å². The van der Waals surface area contributed by atoms with Crippen molar-refractivity contribution in [1.29, 1.82) is 0 Å². The van der Waals surface area contributed by atoms with Gasteiger partial charge in [0.05, 0.1) is 24.1 Å². The maximum Gasteiger partial charge on any atom is 0.227 e. The van der Waals surface area contributed by atoms with E-state index in [1.165, 1.54) is 0 Å². The molecule has 2 heterocycles. The van der Waals surface area contributed by atoms with Gasteiger partial charge in [-0.25, -0.2) is 0 Å². The number of pyridine rings is 1. The average molecular weight is 438 g/mol. The van der Waals surface area contributed by atoms with Gasteiger partial charge in [0.1, 0.15) is 0 Å². The number of carbonyl (C=O) groups is 2. The molecule has 1 aromatic carbocycles. The summed E-state index contributed by atoms with van der Waals surface area (Å²) in [6, 6.07) is 11.5. The molecule has 1 unspecified atom stereocenters. The number of carbonyl (C=O) groups excluding carboxylic acids is 2. The monoisotopic (exact) mass is 437 g/mol. The SMILES string of the molecule is CC(C)CN1Cc2cccc(C(N)(CC(=O)NCCN(C)C)c3ccccn3)c2CC1=O. The zero-order valence-corrected chi connectivity index (χ0v) is 19.6. The largest absolute Gasteiger partial charge is 0.355 e. The number of nitrogens with two attached hydrogens (primary N) is 1. The third kappa shape index (κ3) is 5.53. The Morgan fingerprint density at radius 1 is 1.25 bits per heavy atom. The topological polar surface area (TPSA) is 91.6 Å². The molecule has 7 heteroatoms. The molecule has 2 amide bonds. The van der Waals surface area contributed by atoms with Crippen molar-refractivity contribution in [2.45, 2.75) is 38.8 Å². The van der Waals surface area contributed by atoms with E-state index < -0.39 is 5.54 Å². The lowest BCUT2D eigenvalue weighted by molar-refractivity contribution is -0.132. The molecule has 1 atom stereocenters. The molecule has 7 nitrogen and oxygen atoms in total. The summed E-state index contributed by atoms with van der Waals surface area (Å²) in [5.41, 5.74) is 9.30. The van der Waals surface area contributed by atoms with E-state index >= 15 is 0 Å². The van der Waals surface area contributed by atoms with E-state index in [2.05, 4.69) is 30.2 Å². The maximum absolute atomic E-state index is 12.9. The summed E-state index contributed by atoms with van der Waals surface area (Å²) >= 11 is 0. The summed E-state index contributed by atoms with van der Waals surface area (Å²) in [5, 5.41) is 2.96. The van der Waals surface area contributed by atoms with E-state index in [-0.39, 0.29) is 24.7 Å². The lowest BCUT2D eigenvalue weighted by atomic mass is 9.78. The van der Waals surface area contributed by atoms with E-state index in [0.29, 0.717) is 24.7 Å². The molecule has 0 fully saturated rings. The highest BCUT2D eigenvalue weighted by atomic mass is 16.2. The van der Waals surface area contributed by atoms with Crippen molar-refractivity contribution in [2.24, 2.45) is 11.7 Å². The van der Waals surface area contributed by atoms with Crippen LogP contribution in [0.15, 0.2) is 42.6 Å². The number of aromatic nitrogens is 1. The van der Waals surface area contributed by atoms with Crippen LogP contribution in [-0.4, -0.2) is 60.3 Å². The lowest BCUT2D eigenvalue weighted by Crippen LogP contribution is -2.46. The van der Waals surface area contributed by atoms with Crippen LogP contribution in [0.5, 0.6) is 0 Å². The Kier molecular flexibility index (Phi) is 7.64. The van der Waals surface area contributed by atoms with E-state index in [4.69, 9.17) is 5.73 Å². The minimum absolute atomic E-state index is 0.0534. The Bertz CT molecular complexity index is 945. The number of benzene rings is 1. The normalized spacial score (nSPS) is 15.6. The summed E-state index contributed by atoms with van der Waals surface area (Å²) in [6.07, 6.45) is 2.02. The van der Waals surface area contributed by atoms with Crippen LogP contribution in [0.25, 0.3) is 0 Å². The molecule has 1 aromatic heterocycles. The van der Waals surface area contributed by atoms with Crippen molar-refractivity contribution >= 4 is 11.8 Å². The van der Waals surface area contributed by atoms with Gasteiger partial charge in [0.15, 0.2) is 0 Å². The molecular weight excluding hydrogens is 402 g/mol. The second kappa shape index (κ2) is 10.2. The van der Waals surface area contributed by atoms with Gasteiger partial charge in [-0.3, -0.25) is 14.6 Å². The molecule has 32 heavy (non-hydrogen) atoms. The van der Waals surface area contributed by atoms with Crippen LogP contribution < -0.4 is 11.1 Å². The minimum atomic E-state index is -1.13. The van der Waals surface area contributed by atoms with Gasteiger partial charge in [0.2, 0.25) is 11.8 Å². The van der Waals surface area contributed by atoms with Gasteiger partial charge in [-0.2, -0.15) is 0 Å². The summed E-state index contributed by atoms with van der Waals surface area (Å²) in [6.45, 7) is 6.80. The third-order valence-electron chi connectivity index (χ3n) is 5.82. The number of likely N-dealkylation sites (N-methyl/N-ethyl adjacent to an activating group) is 1. The smallest absolute Gasteiger partial charge is 0.227 e. The van der Waals surface area contributed by atoms with Crippen LogP contribution in [0.2, 0.25) is 0 Å². The zero-order valence-electron chi connectivity index (χ0n) is 19.6. The second-order valence-corrected chi connectivity index (χ2v) is 9.30. The number of nitrogens with one attached hydrogen (secondary N) is 1. The maximum atomic E-state index is 12.9. The fraction of sp³-hybridized carbons (Fsp3) is 0.480. The molecule has 1 aliphatic heterocycles. The Labute approximate surface area is 191 Å². The molecular formula is C25H35N5O2. The highest BCUT2D eigenvalue weighted by molar-refractivity contribution is 5.82. The van der Waals surface area contributed by atoms with Crippen molar-refractivity contribution < 1.29 is 9.59 Å². The fourth-order valence-corrected chi connectivity index (χ4v) is 4.26. The molecule has 3 rings (SSSR count). The summed E-state index contributed by atoms with van der Waals surface area (Å²) in [4.78, 5) is 34.2. The van der Waals surface area contributed by atoms with Crippen LogP contribution in [0.3, 0.4) is 0 Å². The van der Waals surface area contributed by atoms with Crippen LogP contribution in [-0.2, 0) is 28.1 Å². The van der Waals surface area contributed by atoms with Crippen LogP contribution in [0.4, 0.5) is 0 Å². The third-order valence-corrected chi connectivity index (χ3v) is 5.82. The number of amides is 2. The predicted molar refractivity (Wildman–Crippen MR) is 126 cm³/mol. The molecule has 0 radical (unpaired) electrons. The van der Waals surface area contributed by atoms with Crippen molar-refractivity contribution in [3.05, 3.63) is 65.0 Å². The Balaban J connectivity index is 1.97. The van der Waals surface area contributed by atoms with Gasteiger partial charge in [0.25, 0.3) is 0 Å². The first-order chi connectivity index (χ1) is 15.2. The highest BCUT2D eigenvalue weighted by Gasteiger charge is 2.38. The van der Waals surface area contributed by atoms with Crippen molar-refractivity contribution in [3.63, 3.8) is 0 Å². The van der Waals surface area contributed by atoms with Gasteiger partial charge in [-0.15, -0.1) is 0 Å². The highest BCUT2D eigenvalue weighted by Crippen LogP contribution is 2.35. The molecule has 3 N–H and O–H groups in total. The second-order valence-electron chi connectivity index (χ2n) is 9.30. The summed E-state index contributed by atoms with van der Waals surface area (Å²) < 4.78 is 0. The molecule has 172 valence electrons.